The Bertz CT molecular complexity index is 899. The van der Waals surface area contributed by atoms with Gasteiger partial charge >= 0.3 is 5.69 Å². The number of phenolic OH excluding ortho intramolecular Hbond substituents is 1. The second-order valence-corrected chi connectivity index (χ2v) is 7.33. The van der Waals surface area contributed by atoms with Crippen LogP contribution in [0.2, 0.25) is 0 Å². The van der Waals surface area contributed by atoms with E-state index in [4.69, 9.17) is 0 Å². The van der Waals surface area contributed by atoms with Crippen LogP contribution in [-0.4, -0.2) is 16.2 Å². The predicted octanol–water partition coefficient (Wildman–Crippen LogP) is 4.63. The molecule has 6 nitrogen and oxygen atoms in total. The van der Waals surface area contributed by atoms with Gasteiger partial charge in [-0.05, 0) is 53.2 Å². The first-order valence-electron chi connectivity index (χ1n) is 7.27. The molecule has 0 unspecified atom stereocenters. The molecule has 2 aromatic rings. The Hall–Kier alpha value is -2.24. The monoisotopic (exact) mass is 405 g/mol. The van der Waals surface area contributed by atoms with Crippen molar-refractivity contribution in [2.24, 2.45) is 4.99 Å². The summed E-state index contributed by atoms with van der Waals surface area (Å²) in [4.78, 5) is 15.9. The molecular weight excluding hydrogens is 394 g/mol. The van der Waals surface area contributed by atoms with Gasteiger partial charge in [0.2, 0.25) is 5.75 Å². The number of nitrogens with zero attached hydrogens (tertiary/aromatic N) is 3. The van der Waals surface area contributed by atoms with Gasteiger partial charge in [-0.25, -0.2) is 4.99 Å². The average molecular weight is 406 g/mol. The number of rotatable bonds is 3. The minimum atomic E-state index is -0.651. The van der Waals surface area contributed by atoms with Crippen molar-refractivity contribution >= 4 is 44.2 Å². The largest absolute Gasteiger partial charge is 0.501 e. The zero-order chi connectivity index (χ0) is 17.3. The molecule has 1 aromatic carbocycles. The van der Waals surface area contributed by atoms with Crippen LogP contribution in [0.4, 0.5) is 10.7 Å². The predicted molar refractivity (Wildman–Crippen MR) is 95.4 cm³/mol. The number of aliphatic imine (C=N–C) groups is 1. The van der Waals surface area contributed by atoms with Crippen molar-refractivity contribution in [2.45, 2.75) is 25.7 Å². The first kappa shape index (κ1) is 16.6. The number of nitro benzene ring substituents is 1. The highest BCUT2D eigenvalue weighted by molar-refractivity contribution is 9.10. The smallest absolute Gasteiger partial charge is 0.312 e. The Kier molecular flexibility index (Phi) is 4.64. The Morgan fingerprint density at radius 1 is 1.42 bits per heavy atom. The third-order valence-electron chi connectivity index (χ3n) is 3.86. The molecule has 0 aliphatic heterocycles. The SMILES string of the molecule is N#Cc1c(N=Cc2cc(Br)c(O)c([N+](=O)[O-])c2)sc2c1CCCC2. The van der Waals surface area contributed by atoms with E-state index in [-0.39, 0.29) is 4.47 Å². The van der Waals surface area contributed by atoms with Crippen molar-refractivity contribution in [3.05, 3.63) is 48.3 Å². The molecule has 1 N–H and O–H groups in total. The number of hydrogen-bond donors (Lipinski definition) is 1. The molecule has 1 aromatic heterocycles. The molecule has 8 heteroatoms. The number of nitro groups is 1. The molecule has 1 heterocycles. The van der Waals surface area contributed by atoms with E-state index in [1.807, 2.05) is 0 Å². The molecule has 0 amide bonds. The average Bonchev–Trinajstić information content (AvgIpc) is 2.92. The molecule has 1 aliphatic rings. The van der Waals surface area contributed by atoms with E-state index >= 15 is 0 Å². The second kappa shape index (κ2) is 6.71. The number of hydrogen-bond acceptors (Lipinski definition) is 6. The Balaban J connectivity index is 1.99. The van der Waals surface area contributed by atoms with Crippen molar-refractivity contribution in [1.82, 2.24) is 0 Å². The number of benzene rings is 1. The minimum Gasteiger partial charge on any atom is -0.501 e. The molecule has 122 valence electrons. The second-order valence-electron chi connectivity index (χ2n) is 5.39. The summed E-state index contributed by atoms with van der Waals surface area (Å²) in [6.45, 7) is 0. The van der Waals surface area contributed by atoms with Gasteiger partial charge in [0.1, 0.15) is 11.1 Å². The zero-order valence-corrected chi connectivity index (χ0v) is 14.9. The first-order valence-corrected chi connectivity index (χ1v) is 8.87. The fraction of sp³-hybridized carbons (Fsp3) is 0.250. The number of phenols is 1. The highest BCUT2D eigenvalue weighted by Gasteiger charge is 2.21. The van der Waals surface area contributed by atoms with Crippen LogP contribution in [0.5, 0.6) is 5.75 Å². The summed E-state index contributed by atoms with van der Waals surface area (Å²) >= 11 is 4.61. The van der Waals surface area contributed by atoms with Gasteiger partial charge in [0.15, 0.2) is 0 Å². The normalized spacial score (nSPS) is 13.7. The summed E-state index contributed by atoms with van der Waals surface area (Å²) in [5.74, 6) is -0.415. The van der Waals surface area contributed by atoms with Gasteiger partial charge in [-0.15, -0.1) is 11.3 Å². The fourth-order valence-corrected chi connectivity index (χ4v) is 4.36. The van der Waals surface area contributed by atoms with E-state index in [0.29, 0.717) is 16.1 Å². The Morgan fingerprint density at radius 3 is 2.88 bits per heavy atom. The quantitative estimate of drug-likeness (QED) is 0.457. The van der Waals surface area contributed by atoms with Gasteiger partial charge in [-0.1, -0.05) is 0 Å². The van der Waals surface area contributed by atoms with Crippen LogP contribution in [-0.2, 0) is 12.8 Å². The van der Waals surface area contributed by atoms with Crippen LogP contribution < -0.4 is 0 Å². The summed E-state index contributed by atoms with van der Waals surface area (Å²) in [5.41, 5.74) is 1.79. The van der Waals surface area contributed by atoms with Crippen molar-refractivity contribution in [2.75, 3.05) is 0 Å². The van der Waals surface area contributed by atoms with Crippen LogP contribution in [0.3, 0.4) is 0 Å². The van der Waals surface area contributed by atoms with Crippen LogP contribution in [0.25, 0.3) is 0 Å². The fourth-order valence-electron chi connectivity index (χ4n) is 2.71. The maximum Gasteiger partial charge on any atom is 0.312 e. The number of halogens is 1. The third-order valence-corrected chi connectivity index (χ3v) is 5.66. The Morgan fingerprint density at radius 2 is 2.17 bits per heavy atom. The zero-order valence-electron chi connectivity index (χ0n) is 12.5. The molecule has 0 radical (unpaired) electrons. The lowest BCUT2D eigenvalue weighted by molar-refractivity contribution is -0.386. The molecular formula is C16H12BrN3O3S. The first-order chi connectivity index (χ1) is 11.5. The highest BCUT2D eigenvalue weighted by Crippen LogP contribution is 2.39. The number of thiophene rings is 1. The van der Waals surface area contributed by atoms with E-state index in [1.165, 1.54) is 28.5 Å². The summed E-state index contributed by atoms with van der Waals surface area (Å²) < 4.78 is 0.226. The van der Waals surface area contributed by atoms with Crippen molar-refractivity contribution in [3.63, 3.8) is 0 Å². The van der Waals surface area contributed by atoms with E-state index in [9.17, 15) is 20.5 Å². The summed E-state index contributed by atoms with van der Waals surface area (Å²) in [6.07, 6.45) is 5.56. The van der Waals surface area contributed by atoms with Crippen molar-refractivity contribution in [1.29, 1.82) is 5.26 Å². The van der Waals surface area contributed by atoms with E-state index < -0.39 is 16.4 Å². The lowest BCUT2D eigenvalue weighted by Gasteiger charge is -2.09. The summed E-state index contributed by atoms with van der Waals surface area (Å²) in [6, 6.07) is 5.03. The molecule has 0 fully saturated rings. The molecule has 3 rings (SSSR count). The number of aromatic hydroxyl groups is 1. The van der Waals surface area contributed by atoms with Crippen molar-refractivity contribution in [3.8, 4) is 11.8 Å². The standard InChI is InChI=1S/C16H12BrN3O3S/c17-12-5-9(6-13(15(12)21)20(22)23)8-19-16-11(7-18)10-3-1-2-4-14(10)24-16/h5-6,8,21H,1-4H2. The van der Waals surface area contributed by atoms with Crippen molar-refractivity contribution < 1.29 is 10.0 Å². The molecule has 0 bridgehead atoms. The van der Waals surface area contributed by atoms with Crippen LogP contribution >= 0.6 is 27.3 Å². The van der Waals surface area contributed by atoms with E-state index in [2.05, 4.69) is 27.0 Å². The summed E-state index contributed by atoms with van der Waals surface area (Å²) in [7, 11) is 0. The number of aryl methyl sites for hydroxylation is 1. The molecule has 0 spiro atoms. The number of nitriles is 1. The van der Waals surface area contributed by atoms with Gasteiger partial charge in [-0.2, -0.15) is 5.26 Å². The minimum absolute atomic E-state index is 0.226. The van der Waals surface area contributed by atoms with Gasteiger partial charge in [0.25, 0.3) is 0 Å². The molecule has 24 heavy (non-hydrogen) atoms. The van der Waals surface area contributed by atoms with Gasteiger partial charge in [0, 0.05) is 22.7 Å². The van der Waals surface area contributed by atoms with Crippen LogP contribution in [0.15, 0.2) is 21.6 Å². The lowest BCUT2D eigenvalue weighted by Crippen LogP contribution is -1.99. The molecule has 1 aliphatic carbocycles. The summed E-state index contributed by atoms with van der Waals surface area (Å²) in [5, 5.41) is 30.7. The van der Waals surface area contributed by atoms with E-state index in [1.54, 1.807) is 6.07 Å². The lowest BCUT2D eigenvalue weighted by atomic mass is 9.96. The van der Waals surface area contributed by atoms with Crippen LogP contribution in [0, 0.1) is 21.4 Å². The highest BCUT2D eigenvalue weighted by atomic mass is 79.9. The van der Waals surface area contributed by atoms with Gasteiger partial charge in [-0.3, -0.25) is 10.1 Å². The maximum atomic E-state index is 11.0. The molecule has 0 atom stereocenters. The maximum absolute atomic E-state index is 11.0. The van der Waals surface area contributed by atoms with E-state index in [0.717, 1.165) is 31.2 Å². The number of fused-ring (bicyclic) bond motifs is 1. The molecule has 0 saturated carbocycles. The topological polar surface area (TPSA) is 99.5 Å². The van der Waals surface area contributed by atoms with Gasteiger partial charge in [0.05, 0.1) is 15.0 Å². The van der Waals surface area contributed by atoms with Crippen LogP contribution in [0.1, 0.15) is 34.4 Å². The van der Waals surface area contributed by atoms with Gasteiger partial charge < -0.3 is 5.11 Å². The Labute approximate surface area is 150 Å². The molecule has 0 saturated heterocycles. The third kappa shape index (κ3) is 3.05.